The number of nitrogens with zero attached hydrogens (tertiary/aromatic N) is 1. The van der Waals surface area contributed by atoms with Gasteiger partial charge >= 0.3 is 0 Å². The van der Waals surface area contributed by atoms with Gasteiger partial charge in [-0.1, -0.05) is 34.6 Å². The van der Waals surface area contributed by atoms with Crippen molar-refractivity contribution in [2.75, 3.05) is 24.6 Å². The van der Waals surface area contributed by atoms with E-state index in [1.807, 2.05) is 11.8 Å². The molecule has 0 aromatic heterocycles. The number of rotatable bonds is 11. The number of thioether (sulfide) groups is 1. The third-order valence-electron chi connectivity index (χ3n) is 3.53. The molecule has 0 amide bonds. The van der Waals surface area contributed by atoms with Crippen LogP contribution in [0.5, 0.6) is 0 Å². The van der Waals surface area contributed by atoms with E-state index < -0.39 is 0 Å². The van der Waals surface area contributed by atoms with Crippen LogP contribution in [0.1, 0.15) is 53.9 Å². The molecule has 0 aliphatic carbocycles. The van der Waals surface area contributed by atoms with Crippen molar-refractivity contribution >= 4 is 11.8 Å². The van der Waals surface area contributed by atoms with Crippen molar-refractivity contribution in [2.45, 2.75) is 66.0 Å². The van der Waals surface area contributed by atoms with Crippen LogP contribution in [0.2, 0.25) is 0 Å². The largest absolute Gasteiger partial charge is 0.329 e. The SMILES string of the molecule is CCSCCC(CN)N(CC(C)C)C(CC)CC. The summed E-state index contributed by atoms with van der Waals surface area (Å²) >= 11 is 2.03. The fourth-order valence-electron chi connectivity index (χ4n) is 2.56. The van der Waals surface area contributed by atoms with Gasteiger partial charge in [0.25, 0.3) is 0 Å². The standard InChI is InChI=1S/C15H34N2S/c1-6-14(7-2)17(12-13(4)5)15(11-16)9-10-18-8-3/h13-15H,6-12,16H2,1-5H3. The molecule has 0 heterocycles. The van der Waals surface area contributed by atoms with Gasteiger partial charge in [-0.25, -0.2) is 0 Å². The second kappa shape index (κ2) is 11.1. The molecular weight excluding hydrogens is 240 g/mol. The van der Waals surface area contributed by atoms with E-state index in [2.05, 4.69) is 39.5 Å². The van der Waals surface area contributed by atoms with Crippen molar-refractivity contribution < 1.29 is 0 Å². The van der Waals surface area contributed by atoms with E-state index in [9.17, 15) is 0 Å². The van der Waals surface area contributed by atoms with Gasteiger partial charge in [-0.15, -0.1) is 0 Å². The van der Waals surface area contributed by atoms with Crippen molar-refractivity contribution in [1.29, 1.82) is 0 Å². The summed E-state index contributed by atoms with van der Waals surface area (Å²) in [6, 6.07) is 1.27. The van der Waals surface area contributed by atoms with E-state index in [1.165, 1.54) is 37.3 Å². The summed E-state index contributed by atoms with van der Waals surface area (Å²) in [6.45, 7) is 13.4. The highest BCUT2D eigenvalue weighted by Gasteiger charge is 2.23. The van der Waals surface area contributed by atoms with Gasteiger partial charge < -0.3 is 5.73 Å². The fourth-order valence-corrected chi connectivity index (χ4v) is 3.29. The van der Waals surface area contributed by atoms with Gasteiger partial charge in [0.15, 0.2) is 0 Å². The van der Waals surface area contributed by atoms with E-state index in [4.69, 9.17) is 5.73 Å². The van der Waals surface area contributed by atoms with Crippen molar-refractivity contribution in [2.24, 2.45) is 11.7 Å². The molecular formula is C15H34N2S. The summed E-state index contributed by atoms with van der Waals surface area (Å²) in [5.41, 5.74) is 6.03. The smallest absolute Gasteiger partial charge is 0.0229 e. The Bertz CT molecular complexity index is 181. The molecule has 1 unspecified atom stereocenters. The van der Waals surface area contributed by atoms with Crippen LogP contribution in [-0.2, 0) is 0 Å². The first-order valence-corrected chi connectivity index (χ1v) is 8.79. The monoisotopic (exact) mass is 274 g/mol. The van der Waals surface area contributed by atoms with Gasteiger partial charge in [0.05, 0.1) is 0 Å². The minimum absolute atomic E-state index is 0.566. The fraction of sp³-hybridized carbons (Fsp3) is 1.00. The Labute approximate surface area is 119 Å². The van der Waals surface area contributed by atoms with Crippen LogP contribution in [0.4, 0.5) is 0 Å². The second-order valence-electron chi connectivity index (χ2n) is 5.44. The Balaban J connectivity index is 4.55. The van der Waals surface area contributed by atoms with Gasteiger partial charge in [0.1, 0.15) is 0 Å². The second-order valence-corrected chi connectivity index (χ2v) is 6.83. The zero-order chi connectivity index (χ0) is 14.0. The van der Waals surface area contributed by atoms with Gasteiger partial charge in [-0.3, -0.25) is 4.90 Å². The van der Waals surface area contributed by atoms with Crippen LogP contribution >= 0.6 is 11.8 Å². The summed E-state index contributed by atoms with van der Waals surface area (Å²) in [5.74, 6) is 3.18. The number of nitrogens with two attached hydrogens (primary N) is 1. The highest BCUT2D eigenvalue weighted by Crippen LogP contribution is 2.18. The third-order valence-corrected chi connectivity index (χ3v) is 4.46. The topological polar surface area (TPSA) is 29.3 Å². The van der Waals surface area contributed by atoms with Crippen LogP contribution in [0.3, 0.4) is 0 Å². The lowest BCUT2D eigenvalue weighted by molar-refractivity contribution is 0.110. The molecule has 110 valence electrons. The molecule has 0 saturated carbocycles. The van der Waals surface area contributed by atoms with Crippen LogP contribution < -0.4 is 5.73 Å². The maximum absolute atomic E-state index is 6.03. The van der Waals surface area contributed by atoms with E-state index in [-0.39, 0.29) is 0 Å². The quantitative estimate of drug-likeness (QED) is 0.584. The Hall–Kier alpha value is 0.270. The zero-order valence-corrected chi connectivity index (χ0v) is 13.9. The Morgan fingerprint density at radius 2 is 1.67 bits per heavy atom. The van der Waals surface area contributed by atoms with Gasteiger partial charge in [-0.2, -0.15) is 11.8 Å². The lowest BCUT2D eigenvalue weighted by Gasteiger charge is -2.38. The first-order valence-electron chi connectivity index (χ1n) is 7.64. The zero-order valence-electron chi connectivity index (χ0n) is 13.1. The maximum Gasteiger partial charge on any atom is 0.0229 e. The predicted octanol–water partition coefficient (Wildman–Crippen LogP) is 3.60. The molecule has 0 aliphatic rings. The first-order chi connectivity index (χ1) is 8.60. The van der Waals surface area contributed by atoms with Gasteiger partial charge in [0, 0.05) is 25.2 Å². The number of hydrogen-bond acceptors (Lipinski definition) is 3. The molecule has 3 heteroatoms. The van der Waals surface area contributed by atoms with Gasteiger partial charge in [0.2, 0.25) is 0 Å². The molecule has 18 heavy (non-hydrogen) atoms. The highest BCUT2D eigenvalue weighted by atomic mass is 32.2. The molecule has 0 aromatic carbocycles. The molecule has 0 fully saturated rings. The Kier molecular flexibility index (Phi) is 11.3. The molecule has 0 spiro atoms. The normalized spacial score (nSPS) is 13.8. The van der Waals surface area contributed by atoms with Crippen LogP contribution in [0, 0.1) is 5.92 Å². The molecule has 0 radical (unpaired) electrons. The van der Waals surface area contributed by atoms with Crippen LogP contribution in [0.15, 0.2) is 0 Å². The Morgan fingerprint density at radius 1 is 1.06 bits per heavy atom. The van der Waals surface area contributed by atoms with E-state index in [1.54, 1.807) is 0 Å². The lowest BCUT2D eigenvalue weighted by atomic mass is 10.0. The summed E-state index contributed by atoms with van der Waals surface area (Å²) in [6.07, 6.45) is 3.71. The van der Waals surface area contributed by atoms with Crippen molar-refractivity contribution in [3.8, 4) is 0 Å². The molecule has 0 aliphatic heterocycles. The minimum Gasteiger partial charge on any atom is -0.329 e. The Morgan fingerprint density at radius 3 is 2.06 bits per heavy atom. The van der Waals surface area contributed by atoms with E-state index in [0.29, 0.717) is 12.1 Å². The van der Waals surface area contributed by atoms with Crippen molar-refractivity contribution in [1.82, 2.24) is 4.90 Å². The van der Waals surface area contributed by atoms with Crippen molar-refractivity contribution in [3.63, 3.8) is 0 Å². The minimum atomic E-state index is 0.566. The van der Waals surface area contributed by atoms with Crippen molar-refractivity contribution in [3.05, 3.63) is 0 Å². The predicted molar refractivity (Wildman–Crippen MR) is 86.4 cm³/mol. The summed E-state index contributed by atoms with van der Waals surface area (Å²) in [5, 5.41) is 0. The van der Waals surface area contributed by atoms with Gasteiger partial charge in [-0.05, 0) is 36.7 Å². The molecule has 2 nitrogen and oxygen atoms in total. The average molecular weight is 275 g/mol. The molecule has 0 bridgehead atoms. The first kappa shape index (κ1) is 18.3. The molecule has 0 rings (SSSR count). The summed E-state index contributed by atoms with van der Waals surface area (Å²) in [4.78, 5) is 2.68. The van der Waals surface area contributed by atoms with Crippen LogP contribution in [-0.4, -0.2) is 41.6 Å². The maximum atomic E-state index is 6.03. The highest BCUT2D eigenvalue weighted by molar-refractivity contribution is 7.99. The average Bonchev–Trinajstić information content (AvgIpc) is 2.35. The molecule has 2 N–H and O–H groups in total. The molecule has 0 saturated heterocycles. The van der Waals surface area contributed by atoms with E-state index >= 15 is 0 Å². The molecule has 0 aromatic rings. The van der Waals surface area contributed by atoms with Crippen LogP contribution in [0.25, 0.3) is 0 Å². The summed E-state index contributed by atoms with van der Waals surface area (Å²) < 4.78 is 0. The van der Waals surface area contributed by atoms with E-state index in [0.717, 1.165) is 12.5 Å². The summed E-state index contributed by atoms with van der Waals surface area (Å²) in [7, 11) is 0. The molecule has 1 atom stereocenters. The number of hydrogen-bond donors (Lipinski definition) is 1. The lowest BCUT2D eigenvalue weighted by Crippen LogP contribution is -2.48. The third kappa shape index (κ3) is 7.01.